The lowest BCUT2D eigenvalue weighted by Gasteiger charge is -2.28. The van der Waals surface area contributed by atoms with Crippen molar-refractivity contribution in [3.05, 3.63) is 71.4 Å². The molecule has 2 aromatic carbocycles. The van der Waals surface area contributed by atoms with Crippen LogP contribution in [0, 0.1) is 0 Å². The number of nitrogens with two attached hydrogens (primary N) is 1. The Bertz CT molecular complexity index is 1350. The van der Waals surface area contributed by atoms with E-state index in [1.165, 1.54) is 24.3 Å². The average Bonchev–Trinajstić information content (AvgIpc) is 3.23. The minimum absolute atomic E-state index is 0.226. The van der Waals surface area contributed by atoms with Crippen molar-refractivity contribution in [2.75, 3.05) is 6.61 Å². The molecule has 0 saturated heterocycles. The first-order valence-electron chi connectivity index (χ1n) is 12.1. The van der Waals surface area contributed by atoms with Crippen molar-refractivity contribution in [1.82, 2.24) is 9.78 Å². The standard InChI is InChI=1S/C28H31ClF3N3O4/c1-7-37-25(36)26(4,5)39-24-13-10-19(14-22(24)29)27(6,33)16-20-15-23(34-35(20)17(2)3)18-8-11-21(12-9-18)38-28(30,31)32/h8-15H,2,7,16,33H2,1,3-6H3. The third-order valence-corrected chi connectivity index (χ3v) is 6.10. The Balaban J connectivity index is 1.85. The fourth-order valence-corrected chi connectivity index (χ4v) is 4.10. The Labute approximate surface area is 230 Å². The van der Waals surface area contributed by atoms with Crippen LogP contribution in [0.15, 0.2) is 55.1 Å². The molecule has 0 bridgehead atoms. The van der Waals surface area contributed by atoms with Crippen LogP contribution in [0.5, 0.6) is 11.5 Å². The number of aromatic nitrogens is 2. The summed E-state index contributed by atoms with van der Waals surface area (Å²) in [6, 6.07) is 12.3. The van der Waals surface area contributed by atoms with Gasteiger partial charge in [0.25, 0.3) is 0 Å². The Hall–Kier alpha value is -3.50. The van der Waals surface area contributed by atoms with Gasteiger partial charge in [0.2, 0.25) is 0 Å². The second kappa shape index (κ2) is 11.3. The minimum atomic E-state index is -4.77. The predicted octanol–water partition coefficient (Wildman–Crippen LogP) is 6.73. The number of nitrogens with zero attached hydrogens (tertiary/aromatic N) is 2. The van der Waals surface area contributed by atoms with Gasteiger partial charge in [0.05, 0.1) is 17.3 Å². The summed E-state index contributed by atoms with van der Waals surface area (Å²) in [6.07, 6.45) is -4.45. The van der Waals surface area contributed by atoms with Crippen LogP contribution in [0.1, 0.15) is 45.9 Å². The molecule has 39 heavy (non-hydrogen) atoms. The first-order valence-corrected chi connectivity index (χ1v) is 12.5. The van der Waals surface area contributed by atoms with Gasteiger partial charge >= 0.3 is 12.3 Å². The summed E-state index contributed by atoms with van der Waals surface area (Å²) in [5, 5.41) is 4.85. The van der Waals surface area contributed by atoms with E-state index in [0.29, 0.717) is 34.7 Å². The van der Waals surface area contributed by atoms with Crippen LogP contribution in [0.25, 0.3) is 17.0 Å². The van der Waals surface area contributed by atoms with Gasteiger partial charge in [-0.15, -0.1) is 13.2 Å². The van der Waals surface area contributed by atoms with Crippen molar-refractivity contribution in [1.29, 1.82) is 0 Å². The van der Waals surface area contributed by atoms with E-state index >= 15 is 0 Å². The summed E-state index contributed by atoms with van der Waals surface area (Å²) in [4.78, 5) is 12.2. The molecule has 0 aliphatic heterocycles. The third-order valence-electron chi connectivity index (χ3n) is 5.80. The molecule has 1 aromatic heterocycles. The molecular weight excluding hydrogens is 535 g/mol. The van der Waals surface area contributed by atoms with Crippen LogP contribution >= 0.6 is 11.6 Å². The molecule has 0 spiro atoms. The quantitative estimate of drug-likeness (QED) is 0.274. The fourth-order valence-electron chi connectivity index (χ4n) is 3.88. The highest BCUT2D eigenvalue weighted by molar-refractivity contribution is 6.32. The van der Waals surface area contributed by atoms with E-state index in [4.69, 9.17) is 26.8 Å². The highest BCUT2D eigenvalue weighted by Crippen LogP contribution is 2.34. The van der Waals surface area contributed by atoms with Gasteiger partial charge in [-0.25, -0.2) is 9.48 Å². The molecule has 3 aromatic rings. The number of allylic oxidation sites excluding steroid dienone is 1. The van der Waals surface area contributed by atoms with Crippen molar-refractivity contribution in [3.63, 3.8) is 0 Å². The number of esters is 1. The summed E-state index contributed by atoms with van der Waals surface area (Å²) in [5.41, 5.74) is 7.78. The number of hydrogen-bond donors (Lipinski definition) is 1. The number of hydrogen-bond acceptors (Lipinski definition) is 6. The lowest BCUT2D eigenvalue weighted by molar-refractivity contribution is -0.274. The number of alkyl halides is 3. The SMILES string of the molecule is C=C(C)n1nc(-c2ccc(OC(F)(F)F)cc2)cc1CC(C)(N)c1ccc(OC(C)(C)C(=O)OCC)c(Cl)c1. The zero-order chi connectivity index (χ0) is 29.2. The summed E-state index contributed by atoms with van der Waals surface area (Å²) >= 11 is 6.50. The van der Waals surface area contributed by atoms with Crippen LogP contribution in [0.3, 0.4) is 0 Å². The summed E-state index contributed by atoms with van der Waals surface area (Å²) < 4.78 is 54.0. The number of carbonyl (C=O) groups excluding carboxylic acids is 1. The Kier molecular flexibility index (Phi) is 8.72. The van der Waals surface area contributed by atoms with Crippen molar-refractivity contribution in [2.45, 2.75) is 58.5 Å². The largest absolute Gasteiger partial charge is 0.573 e. The maximum atomic E-state index is 12.5. The fraction of sp³-hybridized carbons (Fsp3) is 0.357. The second-order valence-corrected chi connectivity index (χ2v) is 10.2. The molecule has 0 radical (unpaired) electrons. The molecule has 1 unspecified atom stereocenters. The third kappa shape index (κ3) is 7.54. The van der Waals surface area contributed by atoms with Gasteiger partial charge in [0, 0.05) is 28.9 Å². The highest BCUT2D eigenvalue weighted by Gasteiger charge is 2.33. The average molecular weight is 566 g/mol. The highest BCUT2D eigenvalue weighted by atomic mass is 35.5. The Morgan fingerprint density at radius 3 is 2.26 bits per heavy atom. The molecular formula is C28H31ClF3N3O4. The van der Waals surface area contributed by atoms with Crippen LogP contribution < -0.4 is 15.2 Å². The summed E-state index contributed by atoms with van der Waals surface area (Å²) in [5.74, 6) is -0.531. The summed E-state index contributed by atoms with van der Waals surface area (Å²) in [6.45, 7) is 12.7. The Morgan fingerprint density at radius 1 is 1.08 bits per heavy atom. The topological polar surface area (TPSA) is 88.6 Å². The maximum absolute atomic E-state index is 12.5. The molecule has 0 amide bonds. The van der Waals surface area contributed by atoms with Gasteiger partial charge in [-0.05, 0) is 82.6 Å². The molecule has 1 heterocycles. The van der Waals surface area contributed by atoms with E-state index in [1.54, 1.807) is 56.6 Å². The zero-order valence-corrected chi connectivity index (χ0v) is 23.1. The van der Waals surface area contributed by atoms with Gasteiger partial charge in [-0.1, -0.05) is 24.2 Å². The molecule has 1 atom stereocenters. The number of carbonyl (C=O) groups is 1. The minimum Gasteiger partial charge on any atom is -0.475 e. The lowest BCUT2D eigenvalue weighted by atomic mass is 9.88. The van der Waals surface area contributed by atoms with Gasteiger partial charge in [-0.3, -0.25) is 0 Å². The molecule has 7 nitrogen and oxygen atoms in total. The molecule has 11 heteroatoms. The lowest BCUT2D eigenvalue weighted by Crippen LogP contribution is -2.40. The van der Waals surface area contributed by atoms with E-state index in [2.05, 4.69) is 16.4 Å². The van der Waals surface area contributed by atoms with Crippen LogP contribution in [-0.2, 0) is 21.5 Å². The van der Waals surface area contributed by atoms with Crippen LogP contribution in [-0.4, -0.2) is 34.3 Å². The van der Waals surface area contributed by atoms with Gasteiger partial charge in [-0.2, -0.15) is 5.10 Å². The molecule has 210 valence electrons. The van der Waals surface area contributed by atoms with E-state index in [-0.39, 0.29) is 17.4 Å². The second-order valence-electron chi connectivity index (χ2n) is 9.81. The number of benzene rings is 2. The van der Waals surface area contributed by atoms with Crippen molar-refractivity contribution >= 4 is 23.3 Å². The zero-order valence-electron chi connectivity index (χ0n) is 22.4. The molecule has 3 rings (SSSR count). The molecule has 2 N–H and O–H groups in total. The first kappa shape index (κ1) is 30.0. The smallest absolute Gasteiger partial charge is 0.475 e. The molecule has 0 aliphatic rings. The summed E-state index contributed by atoms with van der Waals surface area (Å²) in [7, 11) is 0. The molecule has 0 aliphatic carbocycles. The number of rotatable bonds is 10. The van der Waals surface area contributed by atoms with E-state index in [9.17, 15) is 18.0 Å². The maximum Gasteiger partial charge on any atom is 0.573 e. The van der Waals surface area contributed by atoms with Gasteiger partial charge in [0.1, 0.15) is 11.5 Å². The predicted molar refractivity (Wildman–Crippen MR) is 143 cm³/mol. The van der Waals surface area contributed by atoms with Crippen LogP contribution in [0.2, 0.25) is 5.02 Å². The first-order chi connectivity index (χ1) is 18.0. The van der Waals surface area contributed by atoms with Crippen molar-refractivity contribution in [3.8, 4) is 22.8 Å². The van der Waals surface area contributed by atoms with E-state index in [1.807, 2.05) is 6.92 Å². The van der Waals surface area contributed by atoms with E-state index in [0.717, 1.165) is 5.69 Å². The van der Waals surface area contributed by atoms with Crippen LogP contribution in [0.4, 0.5) is 13.2 Å². The normalized spacial score (nSPS) is 13.5. The number of ether oxygens (including phenoxy) is 3. The number of halogens is 4. The Morgan fingerprint density at radius 2 is 1.72 bits per heavy atom. The van der Waals surface area contributed by atoms with Crippen molar-refractivity contribution < 1.29 is 32.2 Å². The van der Waals surface area contributed by atoms with Crippen molar-refractivity contribution in [2.24, 2.45) is 5.73 Å². The molecule has 0 saturated carbocycles. The molecule has 0 fully saturated rings. The van der Waals surface area contributed by atoms with E-state index < -0.39 is 23.5 Å². The van der Waals surface area contributed by atoms with Gasteiger partial charge < -0.3 is 19.9 Å². The van der Waals surface area contributed by atoms with Gasteiger partial charge in [0.15, 0.2) is 5.60 Å². The monoisotopic (exact) mass is 565 g/mol.